The normalized spacial score (nSPS) is 11.2. The van der Waals surface area contributed by atoms with Crippen molar-refractivity contribution in [2.24, 2.45) is 11.8 Å². The smallest absolute Gasteiger partial charge is 0.306 e. The van der Waals surface area contributed by atoms with Gasteiger partial charge in [0.05, 0.1) is 6.54 Å². The Kier molecular flexibility index (Phi) is 47.0. The molecule has 0 saturated heterocycles. The predicted octanol–water partition coefficient (Wildman–Crippen LogP) is 9.76. The number of aliphatic hydroxyl groups is 2. The molecule has 0 aliphatic heterocycles. The molecule has 0 aromatic rings. The van der Waals surface area contributed by atoms with Gasteiger partial charge in [0.15, 0.2) is 6.10 Å². The van der Waals surface area contributed by atoms with Crippen molar-refractivity contribution in [3.05, 3.63) is 0 Å². The zero-order valence-electron chi connectivity index (χ0n) is 36.3. The van der Waals surface area contributed by atoms with Crippen molar-refractivity contribution in [2.75, 3.05) is 33.4 Å². The second-order valence-corrected chi connectivity index (χ2v) is 15.4. The van der Waals surface area contributed by atoms with Crippen molar-refractivity contribution in [1.29, 1.82) is 0 Å². The second-order valence-electron chi connectivity index (χ2n) is 15.4. The van der Waals surface area contributed by atoms with Crippen LogP contribution in [-0.2, 0) is 28.7 Å². The van der Waals surface area contributed by atoms with Crippen LogP contribution in [0.4, 0.5) is 0 Å². The molecule has 0 aromatic carbocycles. The van der Waals surface area contributed by atoms with E-state index in [1.807, 2.05) is 27.7 Å². The summed E-state index contributed by atoms with van der Waals surface area (Å²) in [6.45, 7) is 13.3. The molecular weight excluding hydrogens is 684 g/mol. The highest BCUT2D eigenvalue weighted by Crippen LogP contribution is 2.14. The fourth-order valence-electron chi connectivity index (χ4n) is 5.45. The molecular formula is C44H88N2O8. The van der Waals surface area contributed by atoms with Gasteiger partial charge in [-0.1, -0.05) is 170 Å². The van der Waals surface area contributed by atoms with E-state index in [9.17, 15) is 19.2 Å². The number of amides is 2. The lowest BCUT2D eigenvalue weighted by Gasteiger charge is -2.19. The van der Waals surface area contributed by atoms with Crippen molar-refractivity contribution >= 4 is 23.8 Å². The van der Waals surface area contributed by atoms with Crippen molar-refractivity contribution in [3.8, 4) is 0 Å². The fourth-order valence-corrected chi connectivity index (χ4v) is 5.45. The first-order chi connectivity index (χ1) is 26.0. The van der Waals surface area contributed by atoms with Crippen LogP contribution in [0.1, 0.15) is 208 Å². The Labute approximate surface area is 332 Å². The number of hydrogen-bond donors (Lipinski definition) is 4. The molecule has 10 heteroatoms. The van der Waals surface area contributed by atoms with Crippen LogP contribution in [0.25, 0.3) is 0 Å². The van der Waals surface area contributed by atoms with Crippen LogP contribution in [0, 0.1) is 11.8 Å². The summed E-state index contributed by atoms with van der Waals surface area (Å²) in [5, 5.41) is 20.7. The molecule has 0 aliphatic carbocycles. The number of hydrogen-bond acceptors (Lipinski definition) is 8. The van der Waals surface area contributed by atoms with E-state index in [2.05, 4.69) is 24.5 Å². The third kappa shape index (κ3) is 47.8. The maximum Gasteiger partial charge on any atom is 0.306 e. The molecule has 0 heterocycles. The number of rotatable bonds is 35. The van der Waals surface area contributed by atoms with Gasteiger partial charge in [-0.15, -0.1) is 0 Å². The van der Waals surface area contributed by atoms with E-state index in [1.165, 1.54) is 103 Å². The van der Waals surface area contributed by atoms with Gasteiger partial charge in [-0.05, 0) is 24.7 Å². The molecule has 0 radical (unpaired) electrons. The Bertz CT molecular complexity index is 837. The van der Waals surface area contributed by atoms with Gasteiger partial charge >= 0.3 is 11.9 Å². The van der Waals surface area contributed by atoms with Crippen LogP contribution >= 0.6 is 0 Å². The van der Waals surface area contributed by atoms with E-state index in [0.717, 1.165) is 45.6 Å². The third-order valence-electron chi connectivity index (χ3n) is 8.88. The third-order valence-corrected chi connectivity index (χ3v) is 8.88. The van der Waals surface area contributed by atoms with E-state index < -0.39 is 6.10 Å². The minimum atomic E-state index is -0.754. The highest BCUT2D eigenvalue weighted by Gasteiger charge is 2.19. The maximum absolute atomic E-state index is 12.6. The molecule has 0 aliphatic rings. The minimum Gasteiger partial charge on any atom is -0.462 e. The van der Waals surface area contributed by atoms with Gasteiger partial charge in [-0.3, -0.25) is 19.2 Å². The fraction of sp³-hybridized carbons (Fsp3) is 0.909. The van der Waals surface area contributed by atoms with E-state index in [0.29, 0.717) is 37.8 Å². The van der Waals surface area contributed by atoms with E-state index in [-0.39, 0.29) is 49.7 Å². The Morgan fingerprint density at radius 3 is 1.17 bits per heavy atom. The zero-order valence-corrected chi connectivity index (χ0v) is 36.3. The molecule has 0 rings (SSSR count). The van der Waals surface area contributed by atoms with Gasteiger partial charge in [0.25, 0.3) is 0 Å². The van der Waals surface area contributed by atoms with Gasteiger partial charge in [-0.2, -0.15) is 0 Å². The monoisotopic (exact) mass is 773 g/mol. The molecule has 0 aromatic heterocycles. The van der Waals surface area contributed by atoms with Crippen molar-refractivity contribution in [1.82, 2.24) is 10.6 Å². The van der Waals surface area contributed by atoms with Crippen molar-refractivity contribution < 1.29 is 38.9 Å². The SMILES string of the molecule is CC(C)CO.CCCCCCCCCCCCCC(=O)OCC(CNC(=O)CCC(=O)NCC(C)C)OC(=O)CCCCCCCCCCCCC.CO. The van der Waals surface area contributed by atoms with Crippen LogP contribution in [0.3, 0.4) is 0 Å². The van der Waals surface area contributed by atoms with Crippen molar-refractivity contribution in [2.45, 2.75) is 215 Å². The minimum absolute atomic E-state index is 0.0436. The van der Waals surface area contributed by atoms with E-state index in [1.54, 1.807) is 0 Å². The van der Waals surface area contributed by atoms with Gasteiger partial charge in [-0.25, -0.2) is 0 Å². The maximum atomic E-state index is 12.6. The van der Waals surface area contributed by atoms with Gasteiger partial charge in [0.2, 0.25) is 11.8 Å². The Morgan fingerprint density at radius 2 is 0.815 bits per heavy atom. The highest BCUT2D eigenvalue weighted by atomic mass is 16.6. The first-order valence-electron chi connectivity index (χ1n) is 22.0. The molecule has 4 N–H and O–H groups in total. The highest BCUT2D eigenvalue weighted by molar-refractivity contribution is 5.83. The molecule has 1 unspecified atom stereocenters. The van der Waals surface area contributed by atoms with Crippen molar-refractivity contribution in [3.63, 3.8) is 0 Å². The topological polar surface area (TPSA) is 151 Å². The molecule has 10 nitrogen and oxygen atoms in total. The van der Waals surface area contributed by atoms with Crippen LogP contribution in [0.2, 0.25) is 0 Å². The largest absolute Gasteiger partial charge is 0.462 e. The summed E-state index contributed by atoms with van der Waals surface area (Å²) in [5.74, 6) is -0.334. The van der Waals surface area contributed by atoms with Crippen LogP contribution in [0.15, 0.2) is 0 Å². The molecule has 1 atom stereocenters. The summed E-state index contributed by atoms with van der Waals surface area (Å²) >= 11 is 0. The molecule has 0 spiro atoms. The van der Waals surface area contributed by atoms with Crippen LogP contribution in [0.5, 0.6) is 0 Å². The summed E-state index contributed by atoms with van der Waals surface area (Å²) in [6, 6.07) is 0. The lowest BCUT2D eigenvalue weighted by Crippen LogP contribution is -2.38. The standard InChI is InChI=1S/C39H74N2O6.C4H10O.CH4O/c1-5-7-9-11-13-15-17-19-21-23-25-27-38(44)46-33-35(32-41-37(43)30-29-36(42)40-31-34(3)4)47-39(45)28-26-24-22-20-18-16-14-12-10-8-6-2;1-4(2)3-5;1-2/h34-35H,5-33H2,1-4H3,(H,40,42)(H,41,43);4-5H,3H2,1-2H3;2H,1H3. The summed E-state index contributed by atoms with van der Waals surface area (Å²) in [4.78, 5) is 49.4. The molecule has 322 valence electrons. The first kappa shape index (κ1) is 56.1. The van der Waals surface area contributed by atoms with Gasteiger partial charge in [0, 0.05) is 45.9 Å². The van der Waals surface area contributed by atoms with Gasteiger partial charge in [0.1, 0.15) is 6.61 Å². The Hall–Kier alpha value is -2.20. The number of carbonyl (C=O) groups excluding carboxylic acids is 4. The average Bonchev–Trinajstić information content (AvgIpc) is 3.16. The zero-order chi connectivity index (χ0) is 41.1. The predicted molar refractivity (Wildman–Crippen MR) is 223 cm³/mol. The summed E-state index contributed by atoms with van der Waals surface area (Å²) < 4.78 is 11.1. The lowest BCUT2D eigenvalue weighted by atomic mass is 10.1. The number of esters is 2. The molecule has 0 bridgehead atoms. The van der Waals surface area contributed by atoms with Crippen LogP contribution in [-0.4, -0.2) is 73.5 Å². The molecule has 2 amide bonds. The number of carbonyl (C=O) groups is 4. The Morgan fingerprint density at radius 1 is 0.481 bits per heavy atom. The van der Waals surface area contributed by atoms with E-state index in [4.69, 9.17) is 19.7 Å². The number of ether oxygens (including phenoxy) is 2. The summed E-state index contributed by atoms with van der Waals surface area (Å²) in [5.41, 5.74) is 0. The molecule has 0 fully saturated rings. The summed E-state index contributed by atoms with van der Waals surface area (Å²) in [7, 11) is 1.00. The second kappa shape index (κ2) is 45.2. The van der Waals surface area contributed by atoms with Gasteiger partial charge < -0.3 is 30.3 Å². The average molecular weight is 773 g/mol. The Balaban J connectivity index is -0.00000340. The molecule has 54 heavy (non-hydrogen) atoms. The number of nitrogens with one attached hydrogen (secondary N) is 2. The van der Waals surface area contributed by atoms with Crippen LogP contribution < -0.4 is 10.6 Å². The molecule has 0 saturated carbocycles. The first-order valence-corrected chi connectivity index (χ1v) is 22.0. The summed E-state index contributed by atoms with van der Waals surface area (Å²) in [6.07, 6.45) is 26.6. The van der Waals surface area contributed by atoms with E-state index >= 15 is 0 Å². The lowest BCUT2D eigenvalue weighted by molar-refractivity contribution is -0.159. The number of aliphatic hydroxyl groups excluding tert-OH is 2. The number of unbranched alkanes of at least 4 members (excludes halogenated alkanes) is 20. The quantitative estimate of drug-likeness (QED) is 0.0367.